The number of aryl methyl sites for hydroxylation is 1. The van der Waals surface area contributed by atoms with Gasteiger partial charge in [-0.3, -0.25) is 4.79 Å². The highest BCUT2D eigenvalue weighted by atomic mass is 19.1. The summed E-state index contributed by atoms with van der Waals surface area (Å²) in [5.74, 6) is -0.717. The van der Waals surface area contributed by atoms with Crippen molar-refractivity contribution in [3.63, 3.8) is 0 Å². The number of nitrogens with one attached hydrogen (secondary N) is 1. The Morgan fingerprint density at radius 1 is 1.28 bits per heavy atom. The Hall–Kier alpha value is -2.76. The van der Waals surface area contributed by atoms with Gasteiger partial charge in [-0.1, -0.05) is 12.1 Å². The number of carbonyl (C=O) groups is 1. The van der Waals surface area contributed by atoms with E-state index in [0.29, 0.717) is 17.0 Å². The topological polar surface area (TPSA) is 46.4 Å². The highest BCUT2D eigenvalue weighted by Crippen LogP contribution is 2.35. The molecule has 0 radical (unpaired) electrons. The van der Waals surface area contributed by atoms with Crippen LogP contribution in [0.1, 0.15) is 17.7 Å². The molecule has 2 aromatic heterocycles. The molecule has 2 atom stereocenters. The maximum absolute atomic E-state index is 13.8. The van der Waals surface area contributed by atoms with Crippen molar-refractivity contribution in [2.45, 2.75) is 26.4 Å². The van der Waals surface area contributed by atoms with E-state index in [-0.39, 0.29) is 18.1 Å². The lowest BCUT2D eigenvalue weighted by Crippen LogP contribution is -2.16. The van der Waals surface area contributed by atoms with Gasteiger partial charge in [0, 0.05) is 6.20 Å². The molecule has 1 unspecified atom stereocenters. The minimum absolute atomic E-state index is 0.252. The lowest BCUT2D eigenvalue weighted by atomic mass is 10.0. The van der Waals surface area contributed by atoms with Crippen LogP contribution in [0.2, 0.25) is 0 Å². The van der Waals surface area contributed by atoms with Crippen molar-refractivity contribution in [3.05, 3.63) is 53.6 Å². The third kappa shape index (κ3) is 2.67. The number of rotatable bonds is 3. The van der Waals surface area contributed by atoms with Gasteiger partial charge >= 0.3 is 0 Å². The van der Waals surface area contributed by atoms with Crippen molar-refractivity contribution < 1.29 is 13.6 Å². The molecule has 1 saturated carbocycles. The molecule has 1 aliphatic rings. The Morgan fingerprint density at radius 3 is 2.76 bits per heavy atom. The van der Waals surface area contributed by atoms with Gasteiger partial charge in [0.1, 0.15) is 17.6 Å². The Kier molecular flexibility index (Phi) is 3.56. The molecule has 0 bridgehead atoms. The molecule has 2 heterocycles. The third-order valence-electron chi connectivity index (χ3n) is 4.73. The standard InChI is InChI=1S/C19H17F2N3O/c1-10-13(4-3-5-15(10)20)12-6-7-17-22-18(11(2)24(17)9-12)23-19(25)14-8-16(14)21/h3-7,9,14,16H,8H2,1-2H3,(H,23,25)/t14-,16?/m1/s1. The largest absolute Gasteiger partial charge is 0.309 e. The number of pyridine rings is 1. The zero-order valence-electron chi connectivity index (χ0n) is 13.9. The van der Waals surface area contributed by atoms with Crippen LogP contribution in [0, 0.1) is 25.6 Å². The summed E-state index contributed by atoms with van der Waals surface area (Å²) < 4.78 is 28.7. The van der Waals surface area contributed by atoms with E-state index in [2.05, 4.69) is 10.3 Å². The van der Waals surface area contributed by atoms with Crippen molar-refractivity contribution in [2.75, 3.05) is 5.32 Å². The average Bonchev–Trinajstić information content (AvgIpc) is 3.25. The Balaban J connectivity index is 1.72. The van der Waals surface area contributed by atoms with Crippen LogP contribution in [0.15, 0.2) is 36.5 Å². The van der Waals surface area contributed by atoms with E-state index >= 15 is 0 Å². The highest BCUT2D eigenvalue weighted by molar-refractivity contribution is 5.94. The molecule has 1 fully saturated rings. The number of fused-ring (bicyclic) bond motifs is 1. The first kappa shape index (κ1) is 15.7. The van der Waals surface area contributed by atoms with Crippen LogP contribution in [-0.4, -0.2) is 21.5 Å². The van der Waals surface area contributed by atoms with Gasteiger partial charge < -0.3 is 9.72 Å². The third-order valence-corrected chi connectivity index (χ3v) is 4.73. The van der Waals surface area contributed by atoms with Gasteiger partial charge in [0.25, 0.3) is 0 Å². The maximum atomic E-state index is 13.8. The summed E-state index contributed by atoms with van der Waals surface area (Å²) in [4.78, 5) is 16.3. The van der Waals surface area contributed by atoms with Crippen molar-refractivity contribution in [2.24, 2.45) is 5.92 Å². The van der Waals surface area contributed by atoms with Crippen LogP contribution in [0.4, 0.5) is 14.6 Å². The molecule has 4 rings (SSSR count). The monoisotopic (exact) mass is 341 g/mol. The second-order valence-corrected chi connectivity index (χ2v) is 6.45. The second-order valence-electron chi connectivity index (χ2n) is 6.45. The molecule has 1 N–H and O–H groups in total. The quantitative estimate of drug-likeness (QED) is 0.781. The molecular weight excluding hydrogens is 324 g/mol. The fourth-order valence-electron chi connectivity index (χ4n) is 3.00. The summed E-state index contributed by atoms with van der Waals surface area (Å²) in [6.45, 7) is 3.57. The van der Waals surface area contributed by atoms with Gasteiger partial charge in [0.15, 0.2) is 5.82 Å². The first-order valence-corrected chi connectivity index (χ1v) is 8.15. The van der Waals surface area contributed by atoms with Crippen LogP contribution in [-0.2, 0) is 4.79 Å². The number of carbonyl (C=O) groups excluding carboxylic acids is 1. The molecule has 3 aromatic rings. The number of anilines is 1. The predicted octanol–water partition coefficient (Wildman–Crippen LogP) is 4.05. The Morgan fingerprint density at radius 2 is 2.04 bits per heavy atom. The summed E-state index contributed by atoms with van der Waals surface area (Å²) in [6, 6.07) is 8.66. The zero-order chi connectivity index (χ0) is 17.7. The molecular formula is C19H17F2N3O. The molecule has 1 amide bonds. The molecule has 0 spiro atoms. The van der Waals surface area contributed by atoms with Crippen LogP contribution in [0.25, 0.3) is 16.8 Å². The summed E-state index contributed by atoms with van der Waals surface area (Å²) in [5, 5.41) is 2.70. The smallest absolute Gasteiger partial charge is 0.231 e. The SMILES string of the molecule is Cc1c(F)cccc1-c1ccc2nc(NC(=O)[C@@H]3CC3F)c(C)n2c1. The molecule has 0 saturated heterocycles. The van der Waals surface area contributed by atoms with Gasteiger partial charge in [0.05, 0.1) is 11.6 Å². The van der Waals surface area contributed by atoms with E-state index in [9.17, 15) is 13.6 Å². The van der Waals surface area contributed by atoms with Gasteiger partial charge in [-0.2, -0.15) is 0 Å². The van der Waals surface area contributed by atoms with Crippen LogP contribution in [0.5, 0.6) is 0 Å². The summed E-state index contributed by atoms with van der Waals surface area (Å²) in [5.41, 5.74) is 3.65. The molecule has 0 aliphatic heterocycles. The van der Waals surface area contributed by atoms with E-state index < -0.39 is 12.1 Å². The number of nitrogens with zero attached hydrogens (tertiary/aromatic N) is 2. The molecule has 25 heavy (non-hydrogen) atoms. The number of imidazole rings is 1. The van der Waals surface area contributed by atoms with Crippen LogP contribution in [0.3, 0.4) is 0 Å². The molecule has 6 heteroatoms. The van der Waals surface area contributed by atoms with E-state index in [1.807, 2.05) is 35.7 Å². The molecule has 128 valence electrons. The lowest BCUT2D eigenvalue weighted by molar-refractivity contribution is -0.117. The van der Waals surface area contributed by atoms with Crippen molar-refractivity contribution in [1.29, 1.82) is 0 Å². The van der Waals surface area contributed by atoms with Gasteiger partial charge in [-0.05, 0) is 55.2 Å². The van der Waals surface area contributed by atoms with E-state index in [1.165, 1.54) is 6.07 Å². The first-order valence-electron chi connectivity index (χ1n) is 8.15. The zero-order valence-corrected chi connectivity index (χ0v) is 13.9. The summed E-state index contributed by atoms with van der Waals surface area (Å²) >= 11 is 0. The van der Waals surface area contributed by atoms with Crippen molar-refractivity contribution in [3.8, 4) is 11.1 Å². The fourth-order valence-corrected chi connectivity index (χ4v) is 3.00. The molecule has 1 aliphatic carbocycles. The van der Waals surface area contributed by atoms with Crippen molar-refractivity contribution in [1.82, 2.24) is 9.38 Å². The van der Waals surface area contributed by atoms with Gasteiger partial charge in [-0.15, -0.1) is 0 Å². The summed E-state index contributed by atoms with van der Waals surface area (Å²) in [7, 11) is 0. The average molecular weight is 341 g/mol. The molecule has 1 aromatic carbocycles. The first-order chi connectivity index (χ1) is 12.0. The van der Waals surface area contributed by atoms with Gasteiger partial charge in [0.2, 0.25) is 5.91 Å². The minimum Gasteiger partial charge on any atom is -0.309 e. The minimum atomic E-state index is -1.04. The number of hydrogen-bond acceptors (Lipinski definition) is 2. The summed E-state index contributed by atoms with van der Waals surface area (Å²) in [6.07, 6.45) is 1.10. The fraction of sp³-hybridized carbons (Fsp3) is 0.263. The van der Waals surface area contributed by atoms with E-state index in [4.69, 9.17) is 0 Å². The van der Waals surface area contributed by atoms with Crippen LogP contribution < -0.4 is 5.32 Å². The predicted molar refractivity (Wildman–Crippen MR) is 91.7 cm³/mol. The number of aromatic nitrogens is 2. The number of amides is 1. The number of halogens is 2. The van der Waals surface area contributed by atoms with Gasteiger partial charge in [-0.25, -0.2) is 13.8 Å². The number of benzene rings is 1. The Bertz CT molecular complexity index is 996. The number of hydrogen-bond donors (Lipinski definition) is 1. The van der Waals surface area contributed by atoms with Crippen LogP contribution >= 0.6 is 0 Å². The Labute approximate surface area is 143 Å². The van der Waals surface area contributed by atoms with E-state index in [0.717, 1.165) is 16.8 Å². The highest BCUT2D eigenvalue weighted by Gasteiger charge is 2.44. The molecule has 4 nitrogen and oxygen atoms in total. The maximum Gasteiger partial charge on any atom is 0.231 e. The van der Waals surface area contributed by atoms with E-state index in [1.54, 1.807) is 13.0 Å². The van der Waals surface area contributed by atoms with Crippen molar-refractivity contribution >= 4 is 17.4 Å². The lowest BCUT2D eigenvalue weighted by Gasteiger charge is -2.08. The number of alkyl halides is 1. The second kappa shape index (κ2) is 5.65. The normalized spacial score (nSPS) is 19.2.